The van der Waals surface area contributed by atoms with Crippen molar-refractivity contribution in [1.29, 1.82) is 0 Å². The minimum Gasteiger partial charge on any atom is -0.448 e. The molecule has 50 heavy (non-hydrogen) atoms. The summed E-state index contributed by atoms with van der Waals surface area (Å²) in [6.45, 7) is 7.66. The number of thiazole rings is 1. The lowest BCUT2D eigenvalue weighted by Crippen LogP contribution is -2.69. The quantitative estimate of drug-likeness (QED) is 0.0963. The monoisotopic (exact) mass is 705 g/mol. The normalized spacial score (nSPS) is 13.7. The van der Waals surface area contributed by atoms with Crippen molar-refractivity contribution in [3.8, 4) is 0 Å². The Bertz CT molecular complexity index is 1630. The highest BCUT2D eigenvalue weighted by molar-refractivity contribution is 7.09. The molecule has 2 aromatic heterocycles. The largest absolute Gasteiger partial charge is 0.448 e. The molecule has 0 bridgehead atoms. The van der Waals surface area contributed by atoms with Crippen LogP contribution in [0.1, 0.15) is 67.6 Å². The molecular weight excluding hydrogens is 659 g/mol. The molecule has 2 aromatic carbocycles. The van der Waals surface area contributed by atoms with Gasteiger partial charge in [-0.25, -0.2) is 14.6 Å². The molecule has 0 saturated heterocycles. The van der Waals surface area contributed by atoms with E-state index >= 15 is 0 Å². The van der Waals surface area contributed by atoms with Gasteiger partial charge in [0.25, 0.3) is 0 Å². The van der Waals surface area contributed by atoms with E-state index in [1.165, 1.54) is 22.5 Å². The molecule has 5 N–H and O–H groups in total. The summed E-state index contributed by atoms with van der Waals surface area (Å²) >= 11 is 1.34. The van der Waals surface area contributed by atoms with Crippen LogP contribution in [0.3, 0.4) is 0 Å². The lowest BCUT2D eigenvalue weighted by molar-refractivity contribution is -0.127. The van der Waals surface area contributed by atoms with Gasteiger partial charge >= 0.3 is 12.1 Å². The SMILES string of the molecule is CC(C)c1nc(CN(C)C(=O)NC(C(=O)NC(NC[C@@H](O)CCc2ccccc2)(NC(=O)OCc2cncs2)c2ccccc2)C(C)C)co1. The third-order valence-corrected chi connectivity index (χ3v) is 8.64. The summed E-state index contributed by atoms with van der Waals surface area (Å²) in [4.78, 5) is 51.5. The minimum absolute atomic E-state index is 0.00532. The second-order valence-electron chi connectivity index (χ2n) is 12.7. The average molecular weight is 706 g/mol. The number of nitrogens with one attached hydrogen (secondary N) is 4. The summed E-state index contributed by atoms with van der Waals surface area (Å²) in [5, 5.41) is 22.8. The molecule has 13 nitrogen and oxygen atoms in total. The summed E-state index contributed by atoms with van der Waals surface area (Å²) in [5.74, 6) is -2.01. The predicted molar refractivity (Wildman–Crippen MR) is 190 cm³/mol. The number of ether oxygens (including phenoxy) is 1. The molecule has 4 amide bonds. The van der Waals surface area contributed by atoms with E-state index in [0.717, 1.165) is 10.4 Å². The molecular formula is C36H47N7O6S. The maximum Gasteiger partial charge on any atom is 0.410 e. The molecule has 0 spiro atoms. The van der Waals surface area contributed by atoms with E-state index in [1.807, 2.05) is 44.2 Å². The van der Waals surface area contributed by atoms with Gasteiger partial charge in [0.2, 0.25) is 5.91 Å². The summed E-state index contributed by atoms with van der Waals surface area (Å²) in [6, 6.07) is 17.1. The van der Waals surface area contributed by atoms with Crippen LogP contribution in [-0.2, 0) is 34.9 Å². The number of aryl methyl sites for hydroxylation is 1. The zero-order chi connectivity index (χ0) is 36.1. The lowest BCUT2D eigenvalue weighted by Gasteiger charge is -2.38. The van der Waals surface area contributed by atoms with E-state index in [1.54, 1.807) is 62.9 Å². The van der Waals surface area contributed by atoms with Crippen LogP contribution in [0, 0.1) is 5.92 Å². The number of aromatic nitrogens is 2. The van der Waals surface area contributed by atoms with Crippen molar-refractivity contribution in [3.63, 3.8) is 0 Å². The molecule has 0 aliphatic rings. The standard InChI is InChI=1S/C36H47N7O6S/c1-24(2)31(40-34(46)43(5)20-28-21-48-33(39-28)25(3)4)32(45)41-36(27-14-10-7-11-15-27,42-35(47)49-22-30-19-37-23-50-30)38-18-29(44)17-16-26-12-8-6-9-13-26/h6-15,19,21,23-25,29,31,38,44H,16-18,20,22H2,1-5H3,(H,40,46)(H,41,45)(H,42,47)/t29-,31?,36?/m0/s1. The number of carbonyl (C=O) groups is 3. The van der Waals surface area contributed by atoms with E-state index in [4.69, 9.17) is 9.15 Å². The van der Waals surface area contributed by atoms with Crippen molar-refractivity contribution in [2.45, 2.75) is 77.5 Å². The first-order valence-electron chi connectivity index (χ1n) is 16.6. The fraction of sp³-hybridized carbons (Fsp3) is 0.417. The minimum atomic E-state index is -1.74. The summed E-state index contributed by atoms with van der Waals surface area (Å²) in [6.07, 6.45) is 2.50. The molecule has 268 valence electrons. The smallest absolute Gasteiger partial charge is 0.410 e. The zero-order valence-corrected chi connectivity index (χ0v) is 29.9. The molecule has 2 unspecified atom stereocenters. The first-order valence-corrected chi connectivity index (χ1v) is 17.5. The number of alkyl carbamates (subject to hydrolysis) is 1. The highest BCUT2D eigenvalue weighted by atomic mass is 32.1. The van der Waals surface area contributed by atoms with Crippen LogP contribution < -0.4 is 21.3 Å². The Hall–Kier alpha value is -4.79. The Morgan fingerprint density at radius 3 is 2.34 bits per heavy atom. The Labute approximate surface area is 296 Å². The van der Waals surface area contributed by atoms with Crippen LogP contribution in [0.5, 0.6) is 0 Å². The molecule has 2 heterocycles. The van der Waals surface area contributed by atoms with Crippen molar-refractivity contribution in [1.82, 2.24) is 36.1 Å². The van der Waals surface area contributed by atoms with Gasteiger partial charge in [-0.3, -0.25) is 20.4 Å². The number of hydrogen-bond acceptors (Lipinski definition) is 10. The van der Waals surface area contributed by atoms with Gasteiger partial charge in [0, 0.05) is 31.3 Å². The van der Waals surface area contributed by atoms with Crippen LogP contribution in [0.4, 0.5) is 9.59 Å². The van der Waals surface area contributed by atoms with E-state index in [-0.39, 0.29) is 31.5 Å². The van der Waals surface area contributed by atoms with Gasteiger partial charge in [0.05, 0.1) is 28.7 Å². The summed E-state index contributed by atoms with van der Waals surface area (Å²) < 4.78 is 11.0. The number of aliphatic hydroxyl groups is 1. The fourth-order valence-electron chi connectivity index (χ4n) is 5.06. The number of benzene rings is 2. The number of urea groups is 1. The second kappa shape index (κ2) is 18.3. The number of carbonyl (C=O) groups excluding carboxylic acids is 3. The molecule has 0 fully saturated rings. The van der Waals surface area contributed by atoms with Crippen molar-refractivity contribution >= 4 is 29.4 Å². The number of aliphatic hydroxyl groups excluding tert-OH is 1. The first kappa shape index (κ1) is 38.0. The van der Waals surface area contributed by atoms with Gasteiger partial charge in [0.1, 0.15) is 18.9 Å². The van der Waals surface area contributed by atoms with E-state index in [9.17, 15) is 19.5 Å². The third-order valence-electron chi connectivity index (χ3n) is 7.89. The van der Waals surface area contributed by atoms with Crippen molar-refractivity contribution in [2.75, 3.05) is 13.6 Å². The molecule has 4 aromatic rings. The Morgan fingerprint density at radius 1 is 1.02 bits per heavy atom. The topological polar surface area (TPSA) is 171 Å². The fourth-order valence-corrected chi connectivity index (χ4v) is 5.57. The van der Waals surface area contributed by atoms with E-state index < -0.39 is 36.0 Å². The molecule has 4 rings (SSSR count). The number of amides is 4. The maximum atomic E-state index is 14.2. The number of rotatable bonds is 17. The Morgan fingerprint density at radius 2 is 1.72 bits per heavy atom. The second-order valence-corrected chi connectivity index (χ2v) is 13.7. The van der Waals surface area contributed by atoms with Crippen molar-refractivity contribution < 1.29 is 28.6 Å². The number of hydrogen-bond donors (Lipinski definition) is 5. The predicted octanol–water partition coefficient (Wildman–Crippen LogP) is 4.86. The van der Waals surface area contributed by atoms with Gasteiger partial charge in [-0.2, -0.15) is 0 Å². The Balaban J connectivity index is 1.55. The van der Waals surface area contributed by atoms with Gasteiger partial charge in [0.15, 0.2) is 11.7 Å². The van der Waals surface area contributed by atoms with Gasteiger partial charge in [-0.15, -0.1) is 11.3 Å². The average Bonchev–Trinajstić information content (AvgIpc) is 3.81. The van der Waals surface area contributed by atoms with E-state index in [0.29, 0.717) is 30.0 Å². The number of oxazole rings is 1. The van der Waals surface area contributed by atoms with Crippen LogP contribution in [0.2, 0.25) is 0 Å². The zero-order valence-electron chi connectivity index (χ0n) is 29.1. The lowest BCUT2D eigenvalue weighted by atomic mass is 10.0. The Kier molecular flexibility index (Phi) is 13.9. The van der Waals surface area contributed by atoms with Crippen LogP contribution in [-0.4, -0.2) is 63.7 Å². The van der Waals surface area contributed by atoms with Crippen molar-refractivity contribution in [2.24, 2.45) is 5.92 Å². The molecule has 0 aliphatic carbocycles. The van der Waals surface area contributed by atoms with Crippen LogP contribution in [0.25, 0.3) is 0 Å². The van der Waals surface area contributed by atoms with Crippen molar-refractivity contribution in [3.05, 3.63) is 106 Å². The summed E-state index contributed by atoms with van der Waals surface area (Å²) in [7, 11) is 1.60. The van der Waals surface area contributed by atoms with Crippen LogP contribution in [0.15, 0.2) is 83.1 Å². The molecule has 0 aliphatic heterocycles. The molecule has 0 radical (unpaired) electrons. The van der Waals surface area contributed by atoms with Crippen LogP contribution >= 0.6 is 11.3 Å². The molecule has 3 atom stereocenters. The molecule has 0 saturated carbocycles. The van der Waals surface area contributed by atoms with Gasteiger partial charge in [-0.05, 0) is 24.3 Å². The van der Waals surface area contributed by atoms with E-state index in [2.05, 4.69) is 31.2 Å². The first-order chi connectivity index (χ1) is 24.0. The molecule has 14 heteroatoms. The summed E-state index contributed by atoms with van der Waals surface area (Å²) in [5.41, 5.74) is 3.76. The third kappa shape index (κ3) is 11.1. The maximum absolute atomic E-state index is 14.2. The van der Waals surface area contributed by atoms with Gasteiger partial charge in [-0.1, -0.05) is 88.4 Å². The highest BCUT2D eigenvalue weighted by Crippen LogP contribution is 2.19. The number of nitrogens with zero attached hydrogens (tertiary/aromatic N) is 3. The highest BCUT2D eigenvalue weighted by Gasteiger charge is 2.39. The van der Waals surface area contributed by atoms with Gasteiger partial charge < -0.3 is 29.8 Å².